The van der Waals surface area contributed by atoms with Crippen LogP contribution in [0.25, 0.3) is 61.0 Å². The Morgan fingerprint density at radius 3 is 1.72 bits per heavy atom. The van der Waals surface area contributed by atoms with Crippen molar-refractivity contribution in [3.05, 3.63) is 126 Å². The number of nitrogens with zero attached hydrogens (tertiary/aromatic N) is 3. The van der Waals surface area contributed by atoms with E-state index in [4.69, 9.17) is 9.97 Å². The first-order valence-electron chi connectivity index (χ1n) is 11.9. The van der Waals surface area contributed by atoms with E-state index in [-0.39, 0.29) is 0 Å². The molecule has 7 aromatic rings. The van der Waals surface area contributed by atoms with Crippen molar-refractivity contribution in [2.24, 2.45) is 0 Å². The van der Waals surface area contributed by atoms with Crippen molar-refractivity contribution in [2.75, 3.05) is 0 Å². The first-order chi connectivity index (χ1) is 17.8. The molecule has 170 valence electrons. The number of para-hydroxylation sites is 3. The third-order valence-electron chi connectivity index (χ3n) is 6.68. The highest BCUT2D eigenvalue weighted by Gasteiger charge is 2.14. The topological polar surface area (TPSA) is 30.7 Å². The molecule has 0 spiro atoms. The van der Waals surface area contributed by atoms with Gasteiger partial charge in [-0.3, -0.25) is 0 Å². The molecule has 0 fully saturated rings. The first-order valence-corrected chi connectivity index (χ1v) is 12.7. The number of aromatic nitrogens is 3. The predicted molar refractivity (Wildman–Crippen MR) is 152 cm³/mol. The van der Waals surface area contributed by atoms with Gasteiger partial charge in [0.15, 0.2) is 5.82 Å². The van der Waals surface area contributed by atoms with Crippen molar-refractivity contribution in [2.45, 2.75) is 0 Å². The average molecular weight is 526 g/mol. The summed E-state index contributed by atoms with van der Waals surface area (Å²) in [7, 11) is 0. The van der Waals surface area contributed by atoms with Crippen LogP contribution in [0.15, 0.2) is 126 Å². The van der Waals surface area contributed by atoms with Gasteiger partial charge in [-0.05, 0) is 42.5 Å². The van der Waals surface area contributed by atoms with E-state index >= 15 is 0 Å². The molecule has 0 aliphatic heterocycles. The van der Waals surface area contributed by atoms with Crippen LogP contribution in [0.1, 0.15) is 0 Å². The Kier molecular flexibility index (Phi) is 4.93. The number of benzene rings is 5. The second-order valence-electron chi connectivity index (χ2n) is 8.84. The minimum Gasteiger partial charge on any atom is -0.309 e. The van der Waals surface area contributed by atoms with Crippen LogP contribution in [0.4, 0.5) is 0 Å². The summed E-state index contributed by atoms with van der Waals surface area (Å²) in [4.78, 5) is 9.89. The minimum atomic E-state index is 0.725. The van der Waals surface area contributed by atoms with Gasteiger partial charge >= 0.3 is 0 Å². The third-order valence-corrected chi connectivity index (χ3v) is 7.21. The molecule has 36 heavy (non-hydrogen) atoms. The molecular formula is C32H20BrN3. The number of hydrogen-bond donors (Lipinski definition) is 0. The molecule has 2 heterocycles. The maximum Gasteiger partial charge on any atom is 0.160 e. The quantitative estimate of drug-likeness (QED) is 0.230. The van der Waals surface area contributed by atoms with Crippen LogP contribution in [0.3, 0.4) is 0 Å². The maximum atomic E-state index is 5.03. The van der Waals surface area contributed by atoms with E-state index in [2.05, 4.69) is 105 Å². The monoisotopic (exact) mass is 525 g/mol. The fraction of sp³-hybridized carbons (Fsp3) is 0. The van der Waals surface area contributed by atoms with Gasteiger partial charge in [-0.15, -0.1) is 0 Å². The van der Waals surface area contributed by atoms with Gasteiger partial charge in [0.1, 0.15) is 0 Å². The van der Waals surface area contributed by atoms with Crippen molar-refractivity contribution in [1.82, 2.24) is 14.5 Å². The second-order valence-corrected chi connectivity index (χ2v) is 9.75. The van der Waals surface area contributed by atoms with E-state index in [0.717, 1.165) is 43.7 Å². The summed E-state index contributed by atoms with van der Waals surface area (Å²) in [6.45, 7) is 0. The van der Waals surface area contributed by atoms with E-state index < -0.39 is 0 Å². The van der Waals surface area contributed by atoms with Crippen LogP contribution in [-0.4, -0.2) is 14.5 Å². The average Bonchev–Trinajstić information content (AvgIpc) is 3.27. The van der Waals surface area contributed by atoms with Crippen LogP contribution in [0.5, 0.6) is 0 Å². The molecule has 3 nitrogen and oxygen atoms in total. The Balaban J connectivity index is 1.40. The van der Waals surface area contributed by atoms with Crippen LogP contribution < -0.4 is 0 Å². The number of halogens is 1. The van der Waals surface area contributed by atoms with Gasteiger partial charge in [-0.25, -0.2) is 9.97 Å². The largest absolute Gasteiger partial charge is 0.309 e. The van der Waals surface area contributed by atoms with E-state index in [9.17, 15) is 0 Å². The molecule has 0 aliphatic rings. The zero-order valence-electron chi connectivity index (χ0n) is 19.3. The van der Waals surface area contributed by atoms with Crippen molar-refractivity contribution >= 4 is 48.6 Å². The maximum absolute atomic E-state index is 5.03. The highest BCUT2D eigenvalue weighted by atomic mass is 79.9. The molecule has 0 saturated heterocycles. The summed E-state index contributed by atoms with van der Waals surface area (Å²) in [5.74, 6) is 0.725. The third kappa shape index (κ3) is 3.42. The van der Waals surface area contributed by atoms with Crippen LogP contribution in [0, 0.1) is 0 Å². The summed E-state index contributed by atoms with van der Waals surface area (Å²) in [5.41, 5.74) is 7.47. The lowest BCUT2D eigenvalue weighted by molar-refractivity contribution is 1.18. The first kappa shape index (κ1) is 21.0. The van der Waals surface area contributed by atoms with Gasteiger partial charge in [0.25, 0.3) is 0 Å². The van der Waals surface area contributed by atoms with Crippen LogP contribution >= 0.6 is 15.9 Å². The van der Waals surface area contributed by atoms with E-state index in [1.165, 1.54) is 21.8 Å². The molecule has 0 amide bonds. The fourth-order valence-corrected chi connectivity index (χ4v) is 5.26. The van der Waals surface area contributed by atoms with Gasteiger partial charge in [0.2, 0.25) is 0 Å². The van der Waals surface area contributed by atoms with Crippen molar-refractivity contribution < 1.29 is 0 Å². The zero-order chi connectivity index (χ0) is 24.1. The van der Waals surface area contributed by atoms with Crippen molar-refractivity contribution in [3.8, 4) is 28.3 Å². The summed E-state index contributed by atoms with van der Waals surface area (Å²) in [5, 5.41) is 3.57. The molecule has 0 radical (unpaired) electrons. The zero-order valence-corrected chi connectivity index (χ0v) is 20.9. The van der Waals surface area contributed by atoms with E-state index in [0.29, 0.717) is 0 Å². The standard InChI is InChI=1S/C32H20BrN3/c33-23-17-13-22(14-18-23)32-34-28-10-4-1-9-27(28)31(35-32)21-15-19-24(20-16-21)36-29-11-5-2-7-25(29)26-8-3-6-12-30(26)36/h1-20H. The Morgan fingerprint density at radius 2 is 1.06 bits per heavy atom. The van der Waals surface area contributed by atoms with E-state index in [1.54, 1.807) is 0 Å². The van der Waals surface area contributed by atoms with Crippen LogP contribution in [0.2, 0.25) is 0 Å². The smallest absolute Gasteiger partial charge is 0.160 e. The Morgan fingerprint density at radius 1 is 0.500 bits per heavy atom. The van der Waals surface area contributed by atoms with E-state index in [1.807, 2.05) is 36.4 Å². The second kappa shape index (κ2) is 8.43. The Hall–Kier alpha value is -4.28. The van der Waals surface area contributed by atoms with Gasteiger partial charge in [0, 0.05) is 37.4 Å². The molecule has 2 aromatic heterocycles. The lowest BCUT2D eigenvalue weighted by Crippen LogP contribution is -1.96. The molecule has 4 heteroatoms. The molecule has 0 unspecified atom stereocenters. The summed E-state index contributed by atoms with van der Waals surface area (Å²) < 4.78 is 3.37. The van der Waals surface area contributed by atoms with Gasteiger partial charge in [0.05, 0.1) is 22.2 Å². The highest BCUT2D eigenvalue weighted by Crippen LogP contribution is 2.34. The van der Waals surface area contributed by atoms with Gasteiger partial charge in [-0.1, -0.05) is 94.8 Å². The molecule has 0 aliphatic carbocycles. The van der Waals surface area contributed by atoms with Gasteiger partial charge < -0.3 is 4.57 Å². The fourth-order valence-electron chi connectivity index (χ4n) is 4.99. The molecule has 0 bridgehead atoms. The number of rotatable bonds is 3. The number of fused-ring (bicyclic) bond motifs is 4. The summed E-state index contributed by atoms with van der Waals surface area (Å²) >= 11 is 3.52. The van der Waals surface area contributed by atoms with Crippen molar-refractivity contribution in [1.29, 1.82) is 0 Å². The molecule has 7 rings (SSSR count). The SMILES string of the molecule is Brc1ccc(-c2nc(-c3ccc(-n4c5ccccc5c5ccccc54)cc3)c3ccccc3n2)cc1. The minimum absolute atomic E-state index is 0.725. The van der Waals surface area contributed by atoms with Crippen molar-refractivity contribution in [3.63, 3.8) is 0 Å². The molecular weight excluding hydrogens is 506 g/mol. The van der Waals surface area contributed by atoms with Gasteiger partial charge in [-0.2, -0.15) is 0 Å². The highest BCUT2D eigenvalue weighted by molar-refractivity contribution is 9.10. The van der Waals surface area contributed by atoms with Crippen LogP contribution in [-0.2, 0) is 0 Å². The summed E-state index contributed by atoms with van der Waals surface area (Å²) in [6.07, 6.45) is 0. The number of hydrogen-bond acceptors (Lipinski definition) is 2. The Labute approximate surface area is 216 Å². The Bertz CT molecular complexity index is 1830. The molecule has 0 atom stereocenters. The lowest BCUT2D eigenvalue weighted by atomic mass is 10.0. The molecule has 0 saturated carbocycles. The normalized spacial score (nSPS) is 11.5. The molecule has 0 N–H and O–H groups in total. The lowest BCUT2D eigenvalue weighted by Gasteiger charge is -2.12. The molecule has 5 aromatic carbocycles. The summed E-state index contributed by atoms with van der Waals surface area (Å²) in [6, 6.07) is 42.2. The predicted octanol–water partition coefficient (Wildman–Crippen LogP) is 8.82.